The lowest BCUT2D eigenvalue weighted by atomic mass is 10.2. The van der Waals surface area contributed by atoms with Gasteiger partial charge in [-0.05, 0) is 36.8 Å². The summed E-state index contributed by atoms with van der Waals surface area (Å²) in [5, 5.41) is 11.9. The molecular formula is C23H25FN4O3S. The first-order valence-electron chi connectivity index (χ1n) is 9.98. The van der Waals surface area contributed by atoms with Crippen molar-refractivity contribution in [2.45, 2.75) is 31.3 Å². The van der Waals surface area contributed by atoms with Gasteiger partial charge in [-0.3, -0.25) is 9.36 Å². The monoisotopic (exact) mass is 456 g/mol. The molecule has 168 valence electrons. The third-order valence-corrected chi connectivity index (χ3v) is 5.48. The summed E-state index contributed by atoms with van der Waals surface area (Å²) in [5.41, 5.74) is 0.824. The molecule has 3 aromatic rings. The summed E-state index contributed by atoms with van der Waals surface area (Å²) in [6.45, 7) is 6.49. The smallest absolute Gasteiger partial charge is 0.230 e. The quantitative estimate of drug-likeness (QED) is 0.345. The summed E-state index contributed by atoms with van der Waals surface area (Å²) < 4.78 is 26.1. The number of carbonyl (C=O) groups is 1. The maximum Gasteiger partial charge on any atom is 0.230 e. The van der Waals surface area contributed by atoms with E-state index in [1.54, 1.807) is 31.4 Å². The molecule has 2 aromatic carbocycles. The second-order valence-corrected chi connectivity index (χ2v) is 7.81. The molecule has 1 aromatic heterocycles. The lowest BCUT2D eigenvalue weighted by Gasteiger charge is -2.16. The van der Waals surface area contributed by atoms with E-state index < -0.39 is 0 Å². The number of thioether (sulfide) groups is 1. The van der Waals surface area contributed by atoms with E-state index in [9.17, 15) is 9.18 Å². The number of nitrogens with one attached hydrogen (secondary N) is 1. The molecule has 0 aliphatic rings. The van der Waals surface area contributed by atoms with Gasteiger partial charge in [-0.25, -0.2) is 4.39 Å². The largest absolute Gasteiger partial charge is 0.497 e. The van der Waals surface area contributed by atoms with E-state index >= 15 is 0 Å². The van der Waals surface area contributed by atoms with Crippen molar-refractivity contribution >= 4 is 17.7 Å². The van der Waals surface area contributed by atoms with Gasteiger partial charge in [0.2, 0.25) is 5.91 Å². The first-order valence-corrected chi connectivity index (χ1v) is 11.0. The first kappa shape index (κ1) is 23.3. The molecule has 0 aliphatic heterocycles. The number of ether oxygens (including phenoxy) is 2. The van der Waals surface area contributed by atoms with Crippen LogP contribution in [0.2, 0.25) is 0 Å². The predicted molar refractivity (Wildman–Crippen MR) is 121 cm³/mol. The van der Waals surface area contributed by atoms with Gasteiger partial charge in [-0.2, -0.15) is 0 Å². The van der Waals surface area contributed by atoms with E-state index in [4.69, 9.17) is 9.47 Å². The van der Waals surface area contributed by atoms with Gasteiger partial charge in [-0.15, -0.1) is 16.8 Å². The molecular weight excluding hydrogens is 431 g/mol. The summed E-state index contributed by atoms with van der Waals surface area (Å²) in [6.07, 6.45) is 1.36. The zero-order valence-corrected chi connectivity index (χ0v) is 18.8. The molecule has 7 nitrogen and oxygen atoms in total. The molecule has 1 heterocycles. The Balaban J connectivity index is 1.61. The van der Waals surface area contributed by atoms with Gasteiger partial charge >= 0.3 is 0 Å². The summed E-state index contributed by atoms with van der Waals surface area (Å²) in [4.78, 5) is 12.2. The lowest BCUT2D eigenvalue weighted by molar-refractivity contribution is -0.118. The van der Waals surface area contributed by atoms with Crippen LogP contribution in [0.4, 0.5) is 4.39 Å². The third-order valence-electron chi connectivity index (χ3n) is 4.51. The highest BCUT2D eigenvalue weighted by molar-refractivity contribution is 7.99. The van der Waals surface area contributed by atoms with Crippen molar-refractivity contribution in [3.8, 4) is 11.5 Å². The first-order chi connectivity index (χ1) is 15.5. The van der Waals surface area contributed by atoms with Crippen molar-refractivity contribution in [1.82, 2.24) is 20.1 Å². The van der Waals surface area contributed by atoms with Crippen molar-refractivity contribution in [3.05, 3.63) is 78.4 Å². The lowest BCUT2D eigenvalue weighted by Crippen LogP contribution is -2.24. The van der Waals surface area contributed by atoms with Crippen LogP contribution in [0.25, 0.3) is 0 Å². The van der Waals surface area contributed by atoms with Crippen molar-refractivity contribution in [2.75, 3.05) is 12.9 Å². The Morgan fingerprint density at radius 2 is 2.00 bits per heavy atom. The normalized spacial score (nSPS) is 11.6. The fraction of sp³-hybridized carbons (Fsp3) is 0.261. The standard InChI is InChI=1S/C23H25FN4O3S/c1-4-12-28-22(16(2)31-20-7-5-6-19(13-20)30-3)26-27-23(28)32-15-21(29)25-14-17-8-10-18(24)11-9-17/h4-11,13,16H,1,12,14-15H2,2-3H3,(H,25,29). The Bertz CT molecular complexity index is 1060. The van der Waals surface area contributed by atoms with Gasteiger partial charge in [0.05, 0.1) is 12.9 Å². The minimum atomic E-state index is -0.379. The molecule has 0 saturated carbocycles. The van der Waals surface area contributed by atoms with Crippen molar-refractivity contribution in [3.63, 3.8) is 0 Å². The topological polar surface area (TPSA) is 78.3 Å². The average molecular weight is 457 g/mol. The minimum Gasteiger partial charge on any atom is -0.497 e. The summed E-state index contributed by atoms with van der Waals surface area (Å²) in [7, 11) is 1.60. The number of amides is 1. The number of hydrogen-bond acceptors (Lipinski definition) is 6. The highest BCUT2D eigenvalue weighted by Gasteiger charge is 2.20. The van der Waals surface area contributed by atoms with Gasteiger partial charge in [0.25, 0.3) is 0 Å². The Kier molecular flexibility index (Phi) is 8.27. The van der Waals surface area contributed by atoms with Crippen LogP contribution < -0.4 is 14.8 Å². The molecule has 0 spiro atoms. The number of benzene rings is 2. The fourth-order valence-electron chi connectivity index (χ4n) is 2.92. The molecule has 1 atom stereocenters. The molecule has 0 bridgehead atoms. The molecule has 3 rings (SSSR count). The Hall–Kier alpha value is -3.33. The van der Waals surface area contributed by atoms with E-state index in [0.717, 1.165) is 5.56 Å². The molecule has 1 unspecified atom stereocenters. The van der Waals surface area contributed by atoms with Crippen LogP contribution in [0.15, 0.2) is 66.3 Å². The number of carbonyl (C=O) groups excluding carboxylic acids is 1. The molecule has 0 aliphatic carbocycles. The molecule has 0 fully saturated rings. The zero-order chi connectivity index (χ0) is 22.9. The average Bonchev–Trinajstić information content (AvgIpc) is 3.20. The summed E-state index contributed by atoms with van der Waals surface area (Å²) in [5.74, 6) is 1.68. The Morgan fingerprint density at radius 3 is 2.72 bits per heavy atom. The zero-order valence-electron chi connectivity index (χ0n) is 18.0. The molecule has 32 heavy (non-hydrogen) atoms. The molecule has 1 N–H and O–H groups in total. The van der Waals surface area contributed by atoms with Gasteiger partial charge in [0, 0.05) is 19.2 Å². The maximum atomic E-state index is 13.0. The van der Waals surface area contributed by atoms with Crippen LogP contribution in [0.3, 0.4) is 0 Å². The summed E-state index contributed by atoms with van der Waals surface area (Å²) in [6, 6.07) is 13.3. The van der Waals surface area contributed by atoms with Crippen molar-refractivity contribution in [1.29, 1.82) is 0 Å². The summed E-state index contributed by atoms with van der Waals surface area (Å²) >= 11 is 1.28. The molecule has 1 amide bonds. The van der Waals surface area contributed by atoms with Crippen LogP contribution in [0.5, 0.6) is 11.5 Å². The van der Waals surface area contributed by atoms with Crippen LogP contribution >= 0.6 is 11.8 Å². The minimum absolute atomic E-state index is 0.158. The fourth-order valence-corrected chi connectivity index (χ4v) is 3.71. The van der Waals surface area contributed by atoms with Gasteiger partial charge < -0.3 is 14.8 Å². The molecule has 0 radical (unpaired) electrons. The van der Waals surface area contributed by atoms with Gasteiger partial charge in [-0.1, -0.05) is 36.0 Å². The molecule has 0 saturated heterocycles. The van der Waals surface area contributed by atoms with Crippen LogP contribution in [0, 0.1) is 5.82 Å². The van der Waals surface area contributed by atoms with Crippen LogP contribution in [-0.4, -0.2) is 33.5 Å². The third kappa shape index (κ3) is 6.34. The number of aromatic nitrogens is 3. The highest BCUT2D eigenvalue weighted by Crippen LogP contribution is 2.26. The number of allylic oxidation sites excluding steroid dienone is 1. The molecule has 9 heteroatoms. The van der Waals surface area contributed by atoms with E-state index in [1.165, 1.54) is 23.9 Å². The highest BCUT2D eigenvalue weighted by atomic mass is 32.2. The number of methoxy groups -OCH3 is 1. The predicted octanol–water partition coefficient (Wildman–Crippen LogP) is 4.16. The number of nitrogens with zero attached hydrogens (tertiary/aromatic N) is 3. The van der Waals surface area contributed by atoms with E-state index in [-0.39, 0.29) is 23.6 Å². The van der Waals surface area contributed by atoms with Crippen LogP contribution in [0.1, 0.15) is 24.4 Å². The van der Waals surface area contributed by atoms with Crippen LogP contribution in [-0.2, 0) is 17.9 Å². The van der Waals surface area contributed by atoms with E-state index in [2.05, 4.69) is 22.1 Å². The second kappa shape index (κ2) is 11.3. The van der Waals surface area contributed by atoms with Crippen molar-refractivity contribution in [2.24, 2.45) is 0 Å². The van der Waals surface area contributed by atoms with E-state index in [1.807, 2.05) is 29.7 Å². The number of hydrogen-bond donors (Lipinski definition) is 1. The number of halogens is 1. The Morgan fingerprint density at radius 1 is 1.25 bits per heavy atom. The van der Waals surface area contributed by atoms with E-state index in [0.29, 0.717) is 35.6 Å². The second-order valence-electron chi connectivity index (χ2n) is 6.87. The number of rotatable bonds is 11. The van der Waals surface area contributed by atoms with Gasteiger partial charge in [0.1, 0.15) is 17.3 Å². The Labute approximate surface area is 190 Å². The van der Waals surface area contributed by atoms with Crippen molar-refractivity contribution < 1.29 is 18.7 Å². The maximum absolute atomic E-state index is 13.0. The SMILES string of the molecule is C=CCn1c(SCC(=O)NCc2ccc(F)cc2)nnc1C(C)Oc1cccc(OC)c1. The van der Waals surface area contributed by atoms with Gasteiger partial charge in [0.15, 0.2) is 17.1 Å².